The molecule has 0 aliphatic heterocycles. The summed E-state index contributed by atoms with van der Waals surface area (Å²) in [5, 5.41) is 22.4. The molecular weight excluding hydrogens is 265 g/mol. The van der Waals surface area contributed by atoms with Gasteiger partial charge in [-0.1, -0.05) is 35.3 Å². The quantitative estimate of drug-likeness (QED) is 0.782. The Morgan fingerprint density at radius 3 is 2.65 bits per heavy atom. The van der Waals surface area contributed by atoms with Crippen molar-refractivity contribution in [3.8, 4) is 0 Å². The lowest BCUT2D eigenvalue weighted by molar-refractivity contribution is -0.119. The van der Waals surface area contributed by atoms with Gasteiger partial charge in [-0.25, -0.2) is 0 Å². The van der Waals surface area contributed by atoms with E-state index in [1.165, 1.54) is 6.92 Å². The Kier molecular flexibility index (Phi) is 5.21. The first-order valence-corrected chi connectivity index (χ1v) is 5.73. The van der Waals surface area contributed by atoms with E-state index >= 15 is 0 Å². The van der Waals surface area contributed by atoms with E-state index in [4.69, 9.17) is 23.2 Å². The molecule has 0 aliphatic rings. The molecule has 0 saturated carbocycles. The van der Waals surface area contributed by atoms with Crippen LogP contribution in [0.4, 0.5) is 0 Å². The zero-order valence-electron chi connectivity index (χ0n) is 9.15. The topological polar surface area (TPSA) is 69.6 Å². The van der Waals surface area contributed by atoms with Gasteiger partial charge < -0.3 is 15.5 Å². The number of hydrogen-bond donors (Lipinski definition) is 3. The van der Waals surface area contributed by atoms with Gasteiger partial charge in [0.2, 0.25) is 5.91 Å². The predicted octanol–water partition coefficient (Wildman–Crippen LogP) is 1.52. The summed E-state index contributed by atoms with van der Waals surface area (Å²) in [5.74, 6) is -0.284. The molecule has 94 valence electrons. The molecule has 0 heterocycles. The zero-order chi connectivity index (χ0) is 13.0. The standard InChI is InChI=1S/C11H13Cl2NO3/c1-6(15)14-5-9(16)11(17)7-3-2-4-8(12)10(7)13/h2-4,9,11,16-17H,5H2,1H3,(H,14,15). The summed E-state index contributed by atoms with van der Waals surface area (Å²) in [4.78, 5) is 10.7. The molecule has 3 N–H and O–H groups in total. The third-order valence-electron chi connectivity index (χ3n) is 2.22. The second-order valence-electron chi connectivity index (χ2n) is 3.59. The van der Waals surface area contributed by atoms with Crippen molar-refractivity contribution in [1.29, 1.82) is 0 Å². The first-order valence-electron chi connectivity index (χ1n) is 4.98. The average molecular weight is 278 g/mol. The van der Waals surface area contributed by atoms with Crippen molar-refractivity contribution in [2.75, 3.05) is 6.54 Å². The van der Waals surface area contributed by atoms with E-state index in [-0.39, 0.29) is 17.5 Å². The molecule has 1 amide bonds. The molecule has 6 heteroatoms. The minimum absolute atomic E-state index is 0.0562. The molecule has 2 atom stereocenters. The number of aliphatic hydroxyl groups excluding tert-OH is 2. The van der Waals surface area contributed by atoms with Gasteiger partial charge in [0.25, 0.3) is 0 Å². The number of carbonyl (C=O) groups is 1. The maximum absolute atomic E-state index is 10.7. The van der Waals surface area contributed by atoms with Gasteiger partial charge in [0.15, 0.2) is 0 Å². The SMILES string of the molecule is CC(=O)NCC(O)C(O)c1cccc(Cl)c1Cl. The van der Waals surface area contributed by atoms with E-state index in [0.29, 0.717) is 10.6 Å². The third-order valence-corrected chi connectivity index (χ3v) is 3.06. The van der Waals surface area contributed by atoms with E-state index in [1.54, 1.807) is 18.2 Å². The van der Waals surface area contributed by atoms with E-state index in [1.807, 2.05) is 0 Å². The first kappa shape index (κ1) is 14.3. The van der Waals surface area contributed by atoms with Crippen LogP contribution >= 0.6 is 23.2 Å². The molecule has 2 unspecified atom stereocenters. The molecule has 0 bridgehead atoms. The molecular formula is C11H13Cl2NO3. The second-order valence-corrected chi connectivity index (χ2v) is 4.38. The Bertz CT molecular complexity index is 412. The third kappa shape index (κ3) is 3.85. The van der Waals surface area contributed by atoms with Crippen LogP contribution in [0.3, 0.4) is 0 Å². The highest BCUT2D eigenvalue weighted by Gasteiger charge is 2.21. The van der Waals surface area contributed by atoms with Gasteiger partial charge in [-0.3, -0.25) is 4.79 Å². The van der Waals surface area contributed by atoms with E-state index < -0.39 is 12.2 Å². The van der Waals surface area contributed by atoms with Gasteiger partial charge in [0.1, 0.15) is 12.2 Å². The fraction of sp³-hybridized carbons (Fsp3) is 0.364. The van der Waals surface area contributed by atoms with Crippen molar-refractivity contribution in [2.24, 2.45) is 0 Å². The van der Waals surface area contributed by atoms with E-state index in [2.05, 4.69) is 5.32 Å². The van der Waals surface area contributed by atoms with Crippen LogP contribution in [0.25, 0.3) is 0 Å². The van der Waals surface area contributed by atoms with Crippen LogP contribution in [0.2, 0.25) is 10.0 Å². The Morgan fingerprint density at radius 2 is 2.06 bits per heavy atom. The number of aliphatic hydroxyl groups is 2. The van der Waals surface area contributed by atoms with Crippen LogP contribution in [0.15, 0.2) is 18.2 Å². The van der Waals surface area contributed by atoms with Gasteiger partial charge in [0, 0.05) is 19.0 Å². The Labute approximate surface area is 109 Å². The van der Waals surface area contributed by atoms with Gasteiger partial charge in [-0.2, -0.15) is 0 Å². The number of hydrogen-bond acceptors (Lipinski definition) is 3. The summed E-state index contributed by atoms with van der Waals surface area (Å²) in [6.45, 7) is 1.27. The lowest BCUT2D eigenvalue weighted by Gasteiger charge is -2.19. The minimum atomic E-state index is -1.20. The van der Waals surface area contributed by atoms with Crippen molar-refractivity contribution < 1.29 is 15.0 Å². The highest BCUT2D eigenvalue weighted by Crippen LogP contribution is 2.31. The van der Waals surface area contributed by atoms with Crippen LogP contribution in [0, 0.1) is 0 Å². The highest BCUT2D eigenvalue weighted by atomic mass is 35.5. The number of rotatable bonds is 4. The Morgan fingerprint density at radius 1 is 1.41 bits per heavy atom. The van der Waals surface area contributed by atoms with Crippen LogP contribution in [-0.2, 0) is 4.79 Å². The molecule has 0 radical (unpaired) electrons. The largest absolute Gasteiger partial charge is 0.388 e. The van der Waals surface area contributed by atoms with Crippen LogP contribution in [0.1, 0.15) is 18.6 Å². The average Bonchev–Trinajstić information content (AvgIpc) is 2.28. The second kappa shape index (κ2) is 6.21. The summed E-state index contributed by atoms with van der Waals surface area (Å²) >= 11 is 11.7. The number of amides is 1. The molecule has 0 aliphatic carbocycles. The van der Waals surface area contributed by atoms with Gasteiger partial charge in [0.05, 0.1) is 10.0 Å². The molecule has 1 aromatic rings. The minimum Gasteiger partial charge on any atom is -0.388 e. The highest BCUT2D eigenvalue weighted by molar-refractivity contribution is 6.42. The Balaban J connectivity index is 2.77. The summed E-state index contributed by atoms with van der Waals surface area (Å²) in [5.41, 5.74) is 0.331. The van der Waals surface area contributed by atoms with Crippen LogP contribution in [0.5, 0.6) is 0 Å². The summed E-state index contributed by atoms with van der Waals surface area (Å²) < 4.78 is 0. The van der Waals surface area contributed by atoms with Crippen molar-refractivity contribution >= 4 is 29.1 Å². The number of carbonyl (C=O) groups excluding carboxylic acids is 1. The molecule has 0 fully saturated rings. The number of benzene rings is 1. The molecule has 17 heavy (non-hydrogen) atoms. The molecule has 0 spiro atoms. The fourth-order valence-electron chi connectivity index (χ4n) is 1.32. The normalized spacial score (nSPS) is 14.2. The van der Waals surface area contributed by atoms with E-state index in [0.717, 1.165) is 0 Å². The smallest absolute Gasteiger partial charge is 0.216 e. The number of halogens is 2. The van der Waals surface area contributed by atoms with Crippen molar-refractivity contribution in [2.45, 2.75) is 19.1 Å². The van der Waals surface area contributed by atoms with Gasteiger partial charge in [-0.15, -0.1) is 0 Å². The monoisotopic (exact) mass is 277 g/mol. The summed E-state index contributed by atoms with van der Waals surface area (Å²) in [6, 6.07) is 4.77. The van der Waals surface area contributed by atoms with E-state index in [9.17, 15) is 15.0 Å². The lowest BCUT2D eigenvalue weighted by atomic mass is 10.0. The molecule has 4 nitrogen and oxygen atoms in total. The maximum atomic E-state index is 10.7. The van der Waals surface area contributed by atoms with Gasteiger partial charge >= 0.3 is 0 Å². The summed E-state index contributed by atoms with van der Waals surface area (Å²) in [7, 11) is 0. The van der Waals surface area contributed by atoms with Crippen LogP contribution < -0.4 is 5.32 Å². The molecule has 1 rings (SSSR count). The van der Waals surface area contributed by atoms with Crippen molar-refractivity contribution in [1.82, 2.24) is 5.32 Å². The Hall–Kier alpha value is -0.810. The van der Waals surface area contributed by atoms with Crippen molar-refractivity contribution in [3.05, 3.63) is 33.8 Å². The number of nitrogens with one attached hydrogen (secondary N) is 1. The molecule has 0 saturated heterocycles. The maximum Gasteiger partial charge on any atom is 0.216 e. The fourth-order valence-corrected chi connectivity index (χ4v) is 1.74. The zero-order valence-corrected chi connectivity index (χ0v) is 10.7. The summed E-state index contributed by atoms with van der Waals surface area (Å²) in [6.07, 6.45) is -2.34. The van der Waals surface area contributed by atoms with Gasteiger partial charge in [-0.05, 0) is 6.07 Å². The molecule has 0 aromatic heterocycles. The molecule has 1 aromatic carbocycles. The first-order chi connectivity index (χ1) is 7.93. The van der Waals surface area contributed by atoms with Crippen molar-refractivity contribution in [3.63, 3.8) is 0 Å². The van der Waals surface area contributed by atoms with Crippen LogP contribution in [-0.4, -0.2) is 28.8 Å². The lowest BCUT2D eigenvalue weighted by Crippen LogP contribution is -2.34. The predicted molar refractivity (Wildman–Crippen MR) is 66.1 cm³/mol.